The number of ether oxygens (including phenoxy) is 1. The summed E-state index contributed by atoms with van der Waals surface area (Å²) in [4.78, 5) is 18.2. The van der Waals surface area contributed by atoms with Crippen LogP contribution in [-0.4, -0.2) is 24.5 Å². The Hall–Kier alpha value is -2.14. The van der Waals surface area contributed by atoms with Crippen molar-refractivity contribution in [1.82, 2.24) is 4.98 Å². The van der Waals surface area contributed by atoms with Crippen molar-refractivity contribution in [2.45, 2.75) is 6.42 Å². The molecule has 1 aromatic heterocycles. The molecule has 0 saturated heterocycles. The van der Waals surface area contributed by atoms with Crippen molar-refractivity contribution < 1.29 is 13.9 Å². The van der Waals surface area contributed by atoms with Gasteiger partial charge in [-0.15, -0.1) is 0 Å². The van der Waals surface area contributed by atoms with Crippen LogP contribution in [0.1, 0.15) is 15.9 Å². The molecule has 1 amide bonds. The van der Waals surface area contributed by atoms with E-state index in [1.165, 1.54) is 31.4 Å². The Morgan fingerprint density at radius 3 is 2.95 bits per heavy atom. The molecule has 0 atom stereocenters. The van der Waals surface area contributed by atoms with Crippen LogP contribution >= 0.6 is 11.6 Å². The van der Waals surface area contributed by atoms with E-state index >= 15 is 0 Å². The fourth-order valence-electron chi connectivity index (χ4n) is 2.44. The maximum absolute atomic E-state index is 13.2. The second-order valence-corrected chi connectivity index (χ2v) is 5.09. The summed E-state index contributed by atoms with van der Waals surface area (Å²) >= 11 is 5.89. The van der Waals surface area contributed by atoms with Gasteiger partial charge in [-0.05, 0) is 36.2 Å². The molecule has 0 spiro atoms. The monoisotopic (exact) mass is 306 g/mol. The number of hydrogen-bond acceptors (Lipinski definition) is 3. The van der Waals surface area contributed by atoms with Crippen LogP contribution in [0.5, 0.6) is 5.88 Å². The molecule has 0 unspecified atom stereocenters. The first kappa shape index (κ1) is 13.8. The zero-order valence-corrected chi connectivity index (χ0v) is 12.0. The van der Waals surface area contributed by atoms with Gasteiger partial charge in [0.2, 0.25) is 5.88 Å². The molecule has 0 N–H and O–H groups in total. The third kappa shape index (κ3) is 2.56. The average molecular weight is 307 g/mol. The minimum atomic E-state index is -0.295. The van der Waals surface area contributed by atoms with E-state index in [4.69, 9.17) is 16.3 Å². The molecule has 2 heterocycles. The minimum Gasteiger partial charge on any atom is -0.481 e. The van der Waals surface area contributed by atoms with Gasteiger partial charge in [-0.25, -0.2) is 9.37 Å². The van der Waals surface area contributed by atoms with Gasteiger partial charge in [0.25, 0.3) is 5.91 Å². The lowest BCUT2D eigenvalue weighted by Gasteiger charge is -2.17. The molecule has 0 aliphatic carbocycles. The Morgan fingerprint density at radius 2 is 2.19 bits per heavy atom. The molecule has 3 rings (SSSR count). The molecular weight excluding hydrogens is 295 g/mol. The van der Waals surface area contributed by atoms with Crippen molar-refractivity contribution in [2.24, 2.45) is 0 Å². The zero-order valence-electron chi connectivity index (χ0n) is 11.3. The maximum atomic E-state index is 13.2. The van der Waals surface area contributed by atoms with Crippen LogP contribution in [0.2, 0.25) is 5.15 Å². The number of aromatic nitrogens is 1. The van der Waals surface area contributed by atoms with Gasteiger partial charge in [0.15, 0.2) is 0 Å². The van der Waals surface area contributed by atoms with Crippen LogP contribution in [0.4, 0.5) is 10.1 Å². The highest BCUT2D eigenvalue weighted by atomic mass is 35.5. The van der Waals surface area contributed by atoms with E-state index in [0.29, 0.717) is 18.5 Å². The molecule has 21 heavy (non-hydrogen) atoms. The third-order valence-electron chi connectivity index (χ3n) is 3.41. The van der Waals surface area contributed by atoms with Gasteiger partial charge in [0, 0.05) is 23.9 Å². The van der Waals surface area contributed by atoms with Gasteiger partial charge in [-0.2, -0.15) is 0 Å². The van der Waals surface area contributed by atoms with Crippen molar-refractivity contribution in [1.29, 1.82) is 0 Å². The first-order valence-corrected chi connectivity index (χ1v) is 6.78. The Kier molecular flexibility index (Phi) is 3.51. The van der Waals surface area contributed by atoms with Crippen LogP contribution < -0.4 is 9.64 Å². The van der Waals surface area contributed by atoms with E-state index < -0.39 is 0 Å². The summed E-state index contributed by atoms with van der Waals surface area (Å²) in [6.45, 7) is 0.514. The normalized spacial score (nSPS) is 13.2. The highest BCUT2D eigenvalue weighted by Crippen LogP contribution is 2.30. The first-order valence-electron chi connectivity index (χ1n) is 6.40. The predicted molar refractivity (Wildman–Crippen MR) is 77.6 cm³/mol. The second-order valence-electron chi connectivity index (χ2n) is 4.70. The number of carbonyl (C=O) groups is 1. The molecule has 4 nitrogen and oxygen atoms in total. The molecule has 2 aromatic rings. The zero-order chi connectivity index (χ0) is 15.0. The van der Waals surface area contributed by atoms with Crippen LogP contribution in [0.25, 0.3) is 0 Å². The van der Waals surface area contributed by atoms with Crippen molar-refractivity contribution >= 4 is 23.2 Å². The van der Waals surface area contributed by atoms with Gasteiger partial charge >= 0.3 is 0 Å². The van der Waals surface area contributed by atoms with Crippen LogP contribution in [0.3, 0.4) is 0 Å². The number of pyridine rings is 1. The molecule has 1 aliphatic heterocycles. The van der Waals surface area contributed by atoms with Gasteiger partial charge in [0.1, 0.15) is 11.0 Å². The van der Waals surface area contributed by atoms with Crippen molar-refractivity contribution in [3.63, 3.8) is 0 Å². The Morgan fingerprint density at radius 1 is 1.38 bits per heavy atom. The third-order valence-corrected chi connectivity index (χ3v) is 3.60. The van der Waals surface area contributed by atoms with Gasteiger partial charge < -0.3 is 9.64 Å². The summed E-state index contributed by atoms with van der Waals surface area (Å²) in [5.41, 5.74) is 1.95. The lowest BCUT2D eigenvalue weighted by molar-refractivity contribution is 0.0989. The lowest BCUT2D eigenvalue weighted by atomic mass is 10.1. The smallest absolute Gasteiger partial charge is 0.258 e. The largest absolute Gasteiger partial charge is 0.481 e. The van der Waals surface area contributed by atoms with Gasteiger partial charge in [-0.1, -0.05) is 11.6 Å². The Bertz CT molecular complexity index is 721. The fraction of sp³-hybridized carbons (Fsp3) is 0.200. The van der Waals surface area contributed by atoms with Crippen molar-refractivity contribution in [3.05, 3.63) is 52.4 Å². The lowest BCUT2D eigenvalue weighted by Crippen LogP contribution is -2.28. The molecule has 108 valence electrons. The fourth-order valence-corrected chi connectivity index (χ4v) is 2.64. The Balaban J connectivity index is 1.96. The summed E-state index contributed by atoms with van der Waals surface area (Å²) in [6.07, 6.45) is 0.634. The van der Waals surface area contributed by atoms with Crippen LogP contribution in [-0.2, 0) is 6.42 Å². The number of fused-ring (bicyclic) bond motifs is 1. The molecular formula is C15H12ClFN2O2. The number of methoxy groups -OCH3 is 1. The number of amides is 1. The van der Waals surface area contributed by atoms with Gasteiger partial charge in [0.05, 0.1) is 7.11 Å². The summed E-state index contributed by atoms with van der Waals surface area (Å²) in [7, 11) is 1.46. The molecule has 1 aromatic carbocycles. The summed E-state index contributed by atoms with van der Waals surface area (Å²) < 4.78 is 18.2. The quantitative estimate of drug-likeness (QED) is 0.801. The molecule has 0 bridgehead atoms. The second kappa shape index (κ2) is 5.33. The summed E-state index contributed by atoms with van der Waals surface area (Å²) in [5, 5.41) is 0.191. The van der Waals surface area contributed by atoms with Crippen molar-refractivity contribution in [2.75, 3.05) is 18.6 Å². The number of carbonyl (C=O) groups excluding carboxylic acids is 1. The molecule has 6 heteroatoms. The van der Waals surface area contributed by atoms with Crippen LogP contribution in [0.15, 0.2) is 30.3 Å². The van der Waals surface area contributed by atoms with E-state index in [2.05, 4.69) is 4.98 Å². The van der Waals surface area contributed by atoms with E-state index in [-0.39, 0.29) is 22.8 Å². The van der Waals surface area contributed by atoms with E-state index in [0.717, 1.165) is 11.3 Å². The highest BCUT2D eigenvalue weighted by Gasteiger charge is 2.26. The molecule has 0 saturated carbocycles. The van der Waals surface area contributed by atoms with E-state index in [9.17, 15) is 9.18 Å². The molecule has 1 aliphatic rings. The molecule has 0 fully saturated rings. The minimum absolute atomic E-state index is 0.191. The first-order chi connectivity index (χ1) is 10.1. The number of hydrogen-bond donors (Lipinski definition) is 0. The summed E-state index contributed by atoms with van der Waals surface area (Å²) in [5.74, 6) is -0.219. The standard InChI is InChI=1S/C15H12ClFN2O2/c1-21-14-8-10(7-13(16)18-14)15(20)19-5-4-9-6-11(17)2-3-12(9)19/h2-3,6-8H,4-5H2,1H3. The summed E-state index contributed by atoms with van der Waals surface area (Å²) in [6, 6.07) is 7.46. The number of benzene rings is 1. The highest BCUT2D eigenvalue weighted by molar-refractivity contribution is 6.30. The topological polar surface area (TPSA) is 42.4 Å². The predicted octanol–water partition coefficient (Wildman–Crippen LogP) is 3.09. The SMILES string of the molecule is COc1cc(C(=O)N2CCc3cc(F)ccc32)cc(Cl)n1. The van der Waals surface area contributed by atoms with E-state index in [1.54, 1.807) is 11.0 Å². The maximum Gasteiger partial charge on any atom is 0.258 e. The number of halogens is 2. The average Bonchev–Trinajstić information content (AvgIpc) is 2.88. The number of nitrogens with zero attached hydrogens (tertiary/aromatic N) is 2. The van der Waals surface area contributed by atoms with Gasteiger partial charge in [-0.3, -0.25) is 4.79 Å². The van der Waals surface area contributed by atoms with Crippen LogP contribution in [0, 0.1) is 5.82 Å². The van der Waals surface area contributed by atoms with Crippen molar-refractivity contribution in [3.8, 4) is 5.88 Å². The van der Waals surface area contributed by atoms with E-state index in [1.807, 2.05) is 0 Å². The number of anilines is 1. The Labute approximate surface area is 126 Å². The number of rotatable bonds is 2. The molecule has 0 radical (unpaired) electrons.